The molecule has 0 fully saturated rings. The lowest BCUT2D eigenvalue weighted by molar-refractivity contribution is -0.142. The minimum absolute atomic E-state index is 0.0275. The summed E-state index contributed by atoms with van der Waals surface area (Å²) in [5.41, 5.74) is -5.53. The number of hydrogen-bond donors (Lipinski definition) is 1. The topological polar surface area (TPSA) is 89.9 Å². The van der Waals surface area contributed by atoms with Crippen LogP contribution in [0.2, 0.25) is 0 Å². The predicted molar refractivity (Wildman–Crippen MR) is 77.9 cm³/mol. The normalized spacial score (nSPS) is 13.6. The smallest absolute Gasteiger partial charge is 0.508 e. The van der Waals surface area contributed by atoms with Gasteiger partial charge in [-0.15, -0.1) is 0 Å². The van der Waals surface area contributed by atoms with Crippen LogP contribution in [0.1, 0.15) is 31.7 Å². The zero-order valence-electron chi connectivity index (χ0n) is 13.1. The molecule has 0 radical (unpaired) electrons. The Morgan fingerprint density at radius 3 is 2.29 bits per heavy atom. The molecule has 6 nitrogen and oxygen atoms in total. The fraction of sp³-hybridized carbons (Fsp3) is 0.500. The zero-order valence-corrected chi connectivity index (χ0v) is 13.9. The van der Waals surface area contributed by atoms with Crippen LogP contribution in [0.25, 0.3) is 0 Å². The first-order valence-electron chi connectivity index (χ1n) is 6.80. The summed E-state index contributed by atoms with van der Waals surface area (Å²) >= 11 is 0. The van der Waals surface area contributed by atoms with Crippen molar-refractivity contribution >= 4 is 16.1 Å². The van der Waals surface area contributed by atoms with Crippen LogP contribution in [0, 0.1) is 5.92 Å². The first-order valence-corrected chi connectivity index (χ1v) is 8.20. The number of phenols is 1. The molecule has 0 amide bonds. The summed E-state index contributed by atoms with van der Waals surface area (Å²) in [4.78, 5) is 11.9. The Kier molecular flexibility index (Phi) is 6.09. The number of methoxy groups -OCH3 is 1. The highest BCUT2D eigenvalue weighted by Crippen LogP contribution is 2.34. The molecule has 0 aromatic heterocycles. The minimum atomic E-state index is -5.89. The van der Waals surface area contributed by atoms with E-state index in [-0.39, 0.29) is 17.9 Å². The molecule has 1 aromatic rings. The van der Waals surface area contributed by atoms with Gasteiger partial charge in [0.05, 0.1) is 13.0 Å². The number of halogens is 3. The van der Waals surface area contributed by atoms with E-state index in [9.17, 15) is 31.5 Å². The maximum absolute atomic E-state index is 12.4. The van der Waals surface area contributed by atoms with Gasteiger partial charge in [-0.25, -0.2) is 0 Å². The molecule has 1 atom stereocenters. The monoisotopic (exact) mass is 370 g/mol. The van der Waals surface area contributed by atoms with Gasteiger partial charge in [0.1, 0.15) is 11.5 Å². The van der Waals surface area contributed by atoms with E-state index in [2.05, 4.69) is 8.92 Å². The molecule has 136 valence electrons. The van der Waals surface area contributed by atoms with Crippen LogP contribution in [0.4, 0.5) is 13.2 Å². The van der Waals surface area contributed by atoms with Crippen LogP contribution >= 0.6 is 0 Å². The van der Waals surface area contributed by atoms with Gasteiger partial charge in [-0.2, -0.15) is 21.6 Å². The van der Waals surface area contributed by atoms with Crippen molar-refractivity contribution in [1.29, 1.82) is 0 Å². The highest BCUT2D eigenvalue weighted by Gasteiger charge is 2.48. The molecule has 24 heavy (non-hydrogen) atoms. The first-order chi connectivity index (χ1) is 10.9. The minimum Gasteiger partial charge on any atom is -0.508 e. The van der Waals surface area contributed by atoms with E-state index in [0.717, 1.165) is 19.2 Å². The van der Waals surface area contributed by atoms with Crippen molar-refractivity contribution in [1.82, 2.24) is 0 Å². The summed E-state index contributed by atoms with van der Waals surface area (Å²) in [6.45, 7) is 3.62. The first kappa shape index (κ1) is 20.1. The van der Waals surface area contributed by atoms with Crippen molar-refractivity contribution in [2.45, 2.75) is 31.7 Å². The van der Waals surface area contributed by atoms with E-state index in [4.69, 9.17) is 0 Å². The Morgan fingerprint density at radius 2 is 1.83 bits per heavy atom. The molecule has 1 N–H and O–H groups in total. The number of benzene rings is 1. The second-order valence-corrected chi connectivity index (χ2v) is 6.99. The second kappa shape index (κ2) is 7.29. The highest BCUT2D eigenvalue weighted by molar-refractivity contribution is 7.88. The van der Waals surface area contributed by atoms with Gasteiger partial charge in [-0.3, -0.25) is 4.79 Å². The molecular weight excluding hydrogens is 353 g/mol. The third kappa shape index (κ3) is 5.02. The highest BCUT2D eigenvalue weighted by atomic mass is 32.2. The fourth-order valence-corrected chi connectivity index (χ4v) is 2.46. The zero-order chi connectivity index (χ0) is 18.7. The van der Waals surface area contributed by atoms with E-state index >= 15 is 0 Å². The van der Waals surface area contributed by atoms with E-state index in [1.54, 1.807) is 0 Å². The number of esters is 1. The molecule has 0 aliphatic rings. The van der Waals surface area contributed by atoms with Gasteiger partial charge >= 0.3 is 21.6 Å². The number of rotatable bonds is 6. The van der Waals surface area contributed by atoms with Gasteiger partial charge in [-0.05, 0) is 30.0 Å². The van der Waals surface area contributed by atoms with Crippen LogP contribution in [0.15, 0.2) is 18.2 Å². The van der Waals surface area contributed by atoms with Crippen molar-refractivity contribution < 1.29 is 40.4 Å². The third-order valence-electron chi connectivity index (χ3n) is 3.00. The largest absolute Gasteiger partial charge is 0.534 e. The Bertz CT molecular complexity index is 697. The molecule has 0 saturated heterocycles. The summed E-state index contributed by atoms with van der Waals surface area (Å²) in [7, 11) is -4.74. The summed E-state index contributed by atoms with van der Waals surface area (Å²) in [5, 5.41) is 9.62. The fourth-order valence-electron chi connectivity index (χ4n) is 2.01. The van der Waals surface area contributed by atoms with Crippen LogP contribution in [-0.2, 0) is 19.6 Å². The van der Waals surface area contributed by atoms with Crippen molar-refractivity contribution in [3.8, 4) is 11.5 Å². The Hall–Kier alpha value is -1.97. The van der Waals surface area contributed by atoms with Crippen LogP contribution in [0.5, 0.6) is 11.5 Å². The summed E-state index contributed by atoms with van der Waals surface area (Å²) in [6, 6.07) is 2.79. The Balaban J connectivity index is 3.28. The van der Waals surface area contributed by atoms with Gasteiger partial charge in [0.15, 0.2) is 0 Å². The molecule has 10 heteroatoms. The van der Waals surface area contributed by atoms with Gasteiger partial charge in [0.2, 0.25) is 0 Å². The number of alkyl halides is 3. The van der Waals surface area contributed by atoms with E-state index in [1.807, 2.05) is 13.8 Å². The lowest BCUT2D eigenvalue weighted by atomic mass is 9.90. The molecule has 1 unspecified atom stereocenters. The lowest BCUT2D eigenvalue weighted by Crippen LogP contribution is -2.28. The number of ether oxygens (including phenoxy) is 1. The average molecular weight is 370 g/mol. The molecule has 0 spiro atoms. The second-order valence-electron chi connectivity index (χ2n) is 5.45. The molecule has 0 aliphatic carbocycles. The third-order valence-corrected chi connectivity index (χ3v) is 3.98. The van der Waals surface area contributed by atoms with Gasteiger partial charge in [0.25, 0.3) is 0 Å². The van der Waals surface area contributed by atoms with Crippen LogP contribution < -0.4 is 4.18 Å². The van der Waals surface area contributed by atoms with Crippen molar-refractivity contribution in [3.63, 3.8) is 0 Å². The Morgan fingerprint density at radius 1 is 1.25 bits per heavy atom. The molecule has 1 aromatic carbocycles. The standard InChI is InChI=1S/C14H17F3O6S/c1-8(2)4-12(13(19)22-3)9-5-10(18)7-11(6-9)23-24(20,21)14(15,16)17/h5-8,12,18H,4H2,1-3H3. The summed E-state index contributed by atoms with van der Waals surface area (Å²) in [5.74, 6) is -2.82. The van der Waals surface area contributed by atoms with E-state index in [0.29, 0.717) is 6.07 Å². The maximum atomic E-state index is 12.4. The number of carbonyl (C=O) groups is 1. The van der Waals surface area contributed by atoms with Gasteiger partial charge in [0, 0.05) is 6.07 Å². The van der Waals surface area contributed by atoms with E-state index in [1.165, 1.54) is 0 Å². The summed E-state index contributed by atoms with van der Waals surface area (Å²) in [6.07, 6.45) is 0.279. The molecule has 0 aliphatic heterocycles. The predicted octanol–water partition coefficient (Wildman–Crippen LogP) is 2.92. The van der Waals surface area contributed by atoms with Gasteiger partial charge < -0.3 is 14.0 Å². The van der Waals surface area contributed by atoms with Crippen molar-refractivity contribution in [3.05, 3.63) is 23.8 Å². The van der Waals surface area contributed by atoms with Crippen molar-refractivity contribution in [2.75, 3.05) is 7.11 Å². The summed E-state index contributed by atoms with van der Waals surface area (Å²) < 4.78 is 67.9. The number of carbonyl (C=O) groups excluding carboxylic acids is 1. The Labute approximate surface area is 137 Å². The quantitative estimate of drug-likeness (QED) is 0.470. The lowest BCUT2D eigenvalue weighted by Gasteiger charge is -2.18. The average Bonchev–Trinajstić information content (AvgIpc) is 2.41. The van der Waals surface area contributed by atoms with Gasteiger partial charge in [-0.1, -0.05) is 13.8 Å². The molecule has 0 heterocycles. The molecule has 0 bridgehead atoms. The SMILES string of the molecule is COC(=O)C(CC(C)C)c1cc(O)cc(OS(=O)(=O)C(F)(F)F)c1. The molecule has 1 rings (SSSR count). The number of aromatic hydroxyl groups is 1. The molecule has 0 saturated carbocycles. The number of hydrogen-bond acceptors (Lipinski definition) is 6. The van der Waals surface area contributed by atoms with E-state index < -0.39 is 39.0 Å². The van der Waals surface area contributed by atoms with Crippen LogP contribution in [-0.4, -0.2) is 32.1 Å². The molecular formula is C14H17F3O6S. The number of phenolic OH excluding ortho intramolecular Hbond substituents is 1. The van der Waals surface area contributed by atoms with Crippen molar-refractivity contribution in [2.24, 2.45) is 5.92 Å². The van der Waals surface area contributed by atoms with Crippen LogP contribution in [0.3, 0.4) is 0 Å². The maximum Gasteiger partial charge on any atom is 0.534 e.